The van der Waals surface area contributed by atoms with Crippen LogP contribution in [0.2, 0.25) is 0 Å². The van der Waals surface area contributed by atoms with E-state index in [1.54, 1.807) is 19.1 Å². The van der Waals surface area contributed by atoms with Crippen LogP contribution in [0.15, 0.2) is 60.7 Å². The van der Waals surface area contributed by atoms with Crippen molar-refractivity contribution in [2.24, 2.45) is 0 Å². The third-order valence-corrected chi connectivity index (χ3v) is 4.76. The number of benzene rings is 3. The smallest absolute Gasteiger partial charge is 0.222 e. The van der Waals surface area contributed by atoms with Gasteiger partial charge in [-0.1, -0.05) is 36.4 Å². The highest BCUT2D eigenvalue weighted by Crippen LogP contribution is 2.23. The third kappa shape index (κ3) is 4.59. The van der Waals surface area contributed by atoms with Gasteiger partial charge in [-0.05, 0) is 52.6 Å². The number of nitrogens with zero attached hydrogens (tertiary/aromatic N) is 1. The molecular weight excluding hydrogens is 338 g/mol. The van der Waals surface area contributed by atoms with Crippen molar-refractivity contribution in [2.75, 3.05) is 21.3 Å². The average molecular weight is 363 g/mol. The Kier molecular flexibility index (Phi) is 5.97. The monoisotopic (exact) mass is 363 g/mol. The van der Waals surface area contributed by atoms with E-state index < -0.39 is 0 Å². The van der Waals surface area contributed by atoms with Gasteiger partial charge in [-0.3, -0.25) is 4.79 Å². The summed E-state index contributed by atoms with van der Waals surface area (Å²) >= 11 is 0. The number of hydrogen-bond donors (Lipinski definition) is 0. The zero-order valence-corrected chi connectivity index (χ0v) is 16.1. The minimum Gasteiger partial charge on any atom is -0.497 e. The van der Waals surface area contributed by atoms with Gasteiger partial charge in [-0.2, -0.15) is 0 Å². The number of fused-ring (bicyclic) bond motifs is 1. The number of carbonyl (C=O) groups excluding carboxylic acids is 1. The molecule has 1 amide bonds. The van der Waals surface area contributed by atoms with E-state index in [0.29, 0.717) is 19.4 Å². The topological polar surface area (TPSA) is 38.8 Å². The summed E-state index contributed by atoms with van der Waals surface area (Å²) in [4.78, 5) is 14.3. The highest BCUT2D eigenvalue weighted by molar-refractivity contribution is 5.84. The van der Waals surface area contributed by atoms with E-state index in [2.05, 4.69) is 18.2 Å². The van der Waals surface area contributed by atoms with Gasteiger partial charge in [0.05, 0.1) is 14.2 Å². The van der Waals surface area contributed by atoms with E-state index >= 15 is 0 Å². The van der Waals surface area contributed by atoms with Gasteiger partial charge in [0.2, 0.25) is 5.91 Å². The maximum absolute atomic E-state index is 12.5. The molecule has 4 heteroatoms. The predicted molar refractivity (Wildman–Crippen MR) is 108 cm³/mol. The van der Waals surface area contributed by atoms with Crippen molar-refractivity contribution in [1.82, 2.24) is 4.90 Å². The first-order valence-electron chi connectivity index (χ1n) is 9.03. The summed E-state index contributed by atoms with van der Waals surface area (Å²) < 4.78 is 10.6. The Morgan fingerprint density at radius 2 is 1.67 bits per heavy atom. The molecule has 0 aliphatic rings. The standard InChI is InChI=1S/C23H25NO3/c1-24(23(25)13-11-18-6-4-5-7-22(18)27-3)16-17-8-9-20-15-21(26-2)12-10-19(20)14-17/h4-10,12,14-15H,11,13,16H2,1-3H3. The molecule has 0 aromatic heterocycles. The van der Waals surface area contributed by atoms with Gasteiger partial charge in [-0.15, -0.1) is 0 Å². The number of aryl methyl sites for hydroxylation is 1. The van der Waals surface area contributed by atoms with Crippen LogP contribution in [0.25, 0.3) is 10.8 Å². The van der Waals surface area contributed by atoms with E-state index in [1.165, 1.54) is 0 Å². The lowest BCUT2D eigenvalue weighted by Crippen LogP contribution is -2.26. The molecule has 0 heterocycles. The number of hydrogen-bond acceptors (Lipinski definition) is 3. The molecule has 0 spiro atoms. The van der Waals surface area contributed by atoms with Crippen molar-refractivity contribution in [3.8, 4) is 11.5 Å². The summed E-state index contributed by atoms with van der Waals surface area (Å²) in [5, 5.41) is 2.27. The van der Waals surface area contributed by atoms with Crippen LogP contribution >= 0.6 is 0 Å². The normalized spacial score (nSPS) is 10.6. The molecule has 0 aliphatic carbocycles. The van der Waals surface area contributed by atoms with E-state index in [4.69, 9.17) is 9.47 Å². The molecule has 0 N–H and O–H groups in total. The Hall–Kier alpha value is -3.01. The molecule has 27 heavy (non-hydrogen) atoms. The molecule has 0 unspecified atom stereocenters. The van der Waals surface area contributed by atoms with Crippen LogP contribution in [-0.2, 0) is 17.8 Å². The summed E-state index contributed by atoms with van der Waals surface area (Å²) in [6.07, 6.45) is 1.13. The lowest BCUT2D eigenvalue weighted by atomic mass is 10.1. The van der Waals surface area contributed by atoms with Gasteiger partial charge in [0.25, 0.3) is 0 Å². The largest absolute Gasteiger partial charge is 0.497 e. The van der Waals surface area contributed by atoms with Crippen LogP contribution in [0, 0.1) is 0 Å². The van der Waals surface area contributed by atoms with Crippen LogP contribution in [0.1, 0.15) is 17.5 Å². The number of ether oxygens (including phenoxy) is 2. The first-order chi connectivity index (χ1) is 13.1. The molecule has 3 aromatic rings. The second-order valence-electron chi connectivity index (χ2n) is 6.61. The summed E-state index contributed by atoms with van der Waals surface area (Å²) in [6, 6.07) is 20.1. The van der Waals surface area contributed by atoms with Crippen molar-refractivity contribution in [1.29, 1.82) is 0 Å². The Labute approximate surface area is 160 Å². The molecule has 0 bridgehead atoms. The van der Waals surface area contributed by atoms with Gasteiger partial charge < -0.3 is 14.4 Å². The fourth-order valence-corrected chi connectivity index (χ4v) is 3.20. The molecule has 3 rings (SSSR count). The van der Waals surface area contributed by atoms with Crippen molar-refractivity contribution in [3.05, 3.63) is 71.8 Å². The molecule has 3 aromatic carbocycles. The van der Waals surface area contributed by atoms with E-state index in [1.807, 2.05) is 49.5 Å². The fraction of sp³-hybridized carbons (Fsp3) is 0.261. The van der Waals surface area contributed by atoms with E-state index in [-0.39, 0.29) is 5.91 Å². The van der Waals surface area contributed by atoms with Crippen molar-refractivity contribution in [3.63, 3.8) is 0 Å². The van der Waals surface area contributed by atoms with Crippen LogP contribution in [0.3, 0.4) is 0 Å². The van der Waals surface area contributed by atoms with Crippen molar-refractivity contribution in [2.45, 2.75) is 19.4 Å². The van der Waals surface area contributed by atoms with Gasteiger partial charge >= 0.3 is 0 Å². The average Bonchev–Trinajstić information content (AvgIpc) is 2.71. The Bertz CT molecular complexity index is 936. The lowest BCUT2D eigenvalue weighted by molar-refractivity contribution is -0.130. The molecule has 0 fully saturated rings. The minimum absolute atomic E-state index is 0.121. The first-order valence-corrected chi connectivity index (χ1v) is 9.03. The SMILES string of the molecule is COc1ccc2cc(CN(C)C(=O)CCc3ccccc3OC)ccc2c1. The van der Waals surface area contributed by atoms with Crippen LogP contribution in [0.4, 0.5) is 0 Å². The Morgan fingerprint density at radius 1 is 0.926 bits per heavy atom. The van der Waals surface area contributed by atoms with E-state index in [9.17, 15) is 4.79 Å². The summed E-state index contributed by atoms with van der Waals surface area (Å²) in [6.45, 7) is 0.590. The molecule has 140 valence electrons. The number of carbonyl (C=O) groups is 1. The number of para-hydroxylation sites is 1. The molecule has 0 radical (unpaired) electrons. The lowest BCUT2D eigenvalue weighted by Gasteiger charge is -2.18. The third-order valence-electron chi connectivity index (χ3n) is 4.76. The van der Waals surface area contributed by atoms with Crippen molar-refractivity contribution >= 4 is 16.7 Å². The molecule has 0 atom stereocenters. The predicted octanol–water partition coefficient (Wildman–Crippen LogP) is 4.45. The van der Waals surface area contributed by atoms with Crippen LogP contribution in [0.5, 0.6) is 11.5 Å². The summed E-state index contributed by atoms with van der Waals surface area (Å²) in [7, 11) is 5.17. The second-order valence-corrected chi connectivity index (χ2v) is 6.61. The molecule has 0 saturated carbocycles. The van der Waals surface area contributed by atoms with Crippen molar-refractivity contribution < 1.29 is 14.3 Å². The van der Waals surface area contributed by atoms with Crippen LogP contribution < -0.4 is 9.47 Å². The number of amides is 1. The molecular formula is C23H25NO3. The molecule has 4 nitrogen and oxygen atoms in total. The van der Waals surface area contributed by atoms with E-state index in [0.717, 1.165) is 33.4 Å². The zero-order chi connectivity index (χ0) is 19.2. The second kappa shape index (κ2) is 8.58. The summed E-state index contributed by atoms with van der Waals surface area (Å²) in [5.74, 6) is 1.80. The molecule has 0 saturated heterocycles. The number of methoxy groups -OCH3 is 2. The van der Waals surface area contributed by atoms with Gasteiger partial charge in [0.1, 0.15) is 11.5 Å². The Balaban J connectivity index is 1.63. The van der Waals surface area contributed by atoms with Gasteiger partial charge in [0.15, 0.2) is 0 Å². The maximum atomic E-state index is 12.5. The van der Waals surface area contributed by atoms with Gasteiger partial charge in [-0.25, -0.2) is 0 Å². The Morgan fingerprint density at radius 3 is 2.44 bits per heavy atom. The quantitative estimate of drug-likeness (QED) is 0.623. The number of rotatable bonds is 7. The molecule has 0 aliphatic heterocycles. The fourth-order valence-electron chi connectivity index (χ4n) is 3.20. The zero-order valence-electron chi connectivity index (χ0n) is 16.1. The highest BCUT2D eigenvalue weighted by Gasteiger charge is 2.11. The first kappa shape index (κ1) is 18.8. The summed E-state index contributed by atoms with van der Waals surface area (Å²) in [5.41, 5.74) is 2.17. The maximum Gasteiger partial charge on any atom is 0.222 e. The minimum atomic E-state index is 0.121. The highest BCUT2D eigenvalue weighted by atomic mass is 16.5. The van der Waals surface area contributed by atoms with Gasteiger partial charge in [0, 0.05) is 20.0 Å². The van der Waals surface area contributed by atoms with Crippen LogP contribution in [-0.4, -0.2) is 32.1 Å².